The van der Waals surface area contributed by atoms with Crippen molar-refractivity contribution in [1.82, 2.24) is 0 Å². The number of ether oxygens (including phenoxy) is 17. The van der Waals surface area contributed by atoms with E-state index in [-0.39, 0.29) is 74.4 Å². The average molecular weight is 1910 g/mol. The number of carbonyl (C=O) groups excluding carboxylic acids is 9. The second-order valence-corrected chi connectivity index (χ2v) is 33.0. The summed E-state index contributed by atoms with van der Waals surface area (Å²) in [5, 5.41) is 0. The number of carbonyl (C=O) groups is 9. The second kappa shape index (κ2) is 47.3. The molecule has 3 aliphatic heterocycles. The van der Waals surface area contributed by atoms with Crippen molar-refractivity contribution < 1.29 is 142 Å². The molecule has 0 bridgehead atoms. The van der Waals surface area contributed by atoms with Gasteiger partial charge in [-0.1, -0.05) is 223 Å². The molecule has 1 unspecified atom stereocenters. The van der Waals surface area contributed by atoms with Gasteiger partial charge in [0.15, 0.2) is 55.3 Å². The first-order chi connectivity index (χ1) is 67.8. The first-order valence-electron chi connectivity index (χ1n) is 45.0. The minimum Gasteiger partial charge on any atom is -0.497 e. The highest BCUT2D eigenvalue weighted by Gasteiger charge is 2.63. The van der Waals surface area contributed by atoms with Gasteiger partial charge in [-0.05, 0) is 171 Å². The molecule has 0 N–H and O–H groups in total. The van der Waals surface area contributed by atoms with Gasteiger partial charge in [-0.25, -0.2) is 43.2 Å². The SMILES string of the molecule is CC[N+](CC)(CC)O[P+](=O)O[C@H]1O[C@H](COC(=O)c2ccccc2)[C@@H](O[C@@H]2O[C@H](COC(c3ccccc3)(c3ccc(OC)cc3)c3ccc(OC)cc3)[C@H](OC(=O)c3ccccc3)[C@H](O[C@@H]3O[C@H](COC(=O)c4ccccc4)[C@@H](OC(=O)c4ccccc4)[C@H](OC(=O)c4ccccc4)[C@H]3OC(=O)c3ccccc3)[C@H]2OC(=O)c2ccccc2)[C@H](OC(=O)c2ccccc2)[C@@H]1OC(=O)c1ccccc1. The minimum atomic E-state index is -3.42. The molecule has 714 valence electrons. The molecule has 3 fully saturated rings. The van der Waals surface area contributed by atoms with Gasteiger partial charge in [0.05, 0.1) is 75.5 Å². The second-order valence-electron chi connectivity index (χ2n) is 32.1. The number of hydrogen-bond acceptors (Lipinski definition) is 29. The number of esters is 9. The van der Waals surface area contributed by atoms with E-state index in [9.17, 15) is 9.59 Å². The molecule has 3 heterocycles. The van der Waals surface area contributed by atoms with Gasteiger partial charge in [-0.2, -0.15) is 0 Å². The monoisotopic (exact) mass is 1910 g/mol. The third-order valence-corrected chi connectivity index (χ3v) is 24.6. The van der Waals surface area contributed by atoms with Crippen molar-refractivity contribution in [3.8, 4) is 11.5 Å². The highest BCUT2D eigenvalue weighted by Crippen LogP contribution is 2.47. The predicted molar refractivity (Wildman–Crippen MR) is 499 cm³/mol. The van der Waals surface area contributed by atoms with E-state index in [1.807, 2.05) is 0 Å². The van der Waals surface area contributed by atoms with Gasteiger partial charge < -0.3 is 80.5 Å². The topological polar surface area (TPSA) is 346 Å². The normalized spacial score (nSPS) is 21.3. The fourth-order valence-corrected chi connectivity index (χ4v) is 17.3. The molecule has 0 radical (unpaired) electrons. The standard InChI is InChI=1S/C108H100NO29P/c1-6-109(7-2,8-3)138-139(119)137-107-95(134-104(118)78-55-35-17-36-56-78)91(131-101(115)75-49-29-14-30-50-75)89(85(127-107)68-123-97(111)71-41-21-10-22-42-71)135-105-94(133-103(117)77-53-33-16-34-54-77)92(88(129-99(113)73-45-25-12-26-46-73)86(126-105)69-124-108(79-57-37-18-38-58-79,80-59-63-82(120-4)64-60-80)81-61-65-83(121-5)66-62-81)136-106-93(132-102(116)76-51-31-15-32-52-76)90(130-100(114)74-47-27-13-28-48-74)87(128-98(112)72-43-23-11-24-44-72)84(125-106)67-122-96(110)70-39-19-9-20-40-70/h9-66,84-95,105-107H,6-8,67-69H2,1-5H3/q+2/t84-,85-,86-,87-,88+,89-,90+,91+,92+,93-,94-,95+,105+,106+,107-/m1/s1. The zero-order valence-corrected chi connectivity index (χ0v) is 77.0. The third kappa shape index (κ3) is 24.3. The molecule has 12 aromatic rings. The van der Waals surface area contributed by atoms with Gasteiger partial charge in [0.25, 0.3) is 6.29 Å². The lowest BCUT2D eigenvalue weighted by atomic mass is 9.80. The highest BCUT2D eigenvalue weighted by molar-refractivity contribution is 7.33. The van der Waals surface area contributed by atoms with E-state index >= 15 is 38.1 Å². The first kappa shape index (κ1) is 98.7. The van der Waals surface area contributed by atoms with Crippen molar-refractivity contribution in [3.05, 3.63) is 419 Å². The number of hydrogen-bond donors (Lipinski definition) is 0. The van der Waals surface area contributed by atoms with Crippen molar-refractivity contribution in [2.45, 2.75) is 118 Å². The summed E-state index contributed by atoms with van der Waals surface area (Å²) in [6.45, 7) is 3.41. The molecular weight excluding hydrogens is 1810 g/mol. The molecule has 15 rings (SSSR count). The summed E-state index contributed by atoms with van der Waals surface area (Å²) in [7, 11) is -0.425. The Morgan fingerprint density at radius 1 is 0.273 bits per heavy atom. The fraction of sp³-hybridized carbons (Fsp3) is 0.250. The van der Waals surface area contributed by atoms with E-state index in [0.29, 0.717) is 28.2 Å². The van der Waals surface area contributed by atoms with Gasteiger partial charge in [0, 0.05) is 4.57 Å². The lowest BCUT2D eigenvalue weighted by Gasteiger charge is -2.50. The summed E-state index contributed by atoms with van der Waals surface area (Å²) in [4.78, 5) is 139. The summed E-state index contributed by atoms with van der Waals surface area (Å²) in [5.41, 5.74) is -1.23. The van der Waals surface area contributed by atoms with Crippen molar-refractivity contribution in [1.29, 1.82) is 0 Å². The van der Waals surface area contributed by atoms with Crippen molar-refractivity contribution in [2.24, 2.45) is 0 Å². The van der Waals surface area contributed by atoms with Crippen LogP contribution >= 0.6 is 8.25 Å². The number of quaternary nitrogens is 1. The van der Waals surface area contributed by atoms with E-state index in [1.54, 1.807) is 227 Å². The van der Waals surface area contributed by atoms with Gasteiger partial charge in [0.1, 0.15) is 80.5 Å². The quantitative estimate of drug-likeness (QED) is 0.00862. The molecule has 0 spiro atoms. The molecule has 0 amide bonds. The summed E-state index contributed by atoms with van der Waals surface area (Å²) < 4.78 is 144. The van der Waals surface area contributed by atoms with Crippen molar-refractivity contribution in [2.75, 3.05) is 53.7 Å². The van der Waals surface area contributed by atoms with Crippen LogP contribution < -0.4 is 9.47 Å². The Bertz CT molecular complexity index is 6040. The van der Waals surface area contributed by atoms with Gasteiger partial charge >= 0.3 is 62.0 Å². The van der Waals surface area contributed by atoms with Gasteiger partial charge in [-0.15, -0.1) is 4.65 Å². The Kier molecular flexibility index (Phi) is 33.6. The highest BCUT2D eigenvalue weighted by atomic mass is 31.1. The van der Waals surface area contributed by atoms with E-state index in [0.717, 1.165) is 0 Å². The van der Waals surface area contributed by atoms with Crippen LogP contribution in [0.2, 0.25) is 0 Å². The van der Waals surface area contributed by atoms with E-state index in [2.05, 4.69) is 0 Å². The van der Waals surface area contributed by atoms with Crippen LogP contribution in [0.5, 0.6) is 11.5 Å². The lowest BCUT2D eigenvalue weighted by Crippen LogP contribution is -2.69. The van der Waals surface area contributed by atoms with Crippen LogP contribution in [0.1, 0.15) is 131 Å². The molecule has 0 aliphatic carbocycles. The van der Waals surface area contributed by atoms with E-state index in [1.165, 1.54) is 160 Å². The summed E-state index contributed by atoms with van der Waals surface area (Å²) >= 11 is 0. The number of benzene rings is 12. The Balaban J connectivity index is 0.999. The zero-order valence-electron chi connectivity index (χ0n) is 76.1. The largest absolute Gasteiger partial charge is 0.753 e. The third-order valence-electron chi connectivity index (χ3n) is 23.7. The Morgan fingerprint density at radius 2 is 0.511 bits per heavy atom. The smallest absolute Gasteiger partial charge is 0.497 e. The van der Waals surface area contributed by atoms with Crippen LogP contribution in [-0.2, 0) is 90.4 Å². The van der Waals surface area contributed by atoms with Crippen LogP contribution in [0.15, 0.2) is 352 Å². The van der Waals surface area contributed by atoms with Gasteiger partial charge in [-0.3, -0.25) is 0 Å². The number of methoxy groups -OCH3 is 2. The summed E-state index contributed by atoms with van der Waals surface area (Å²) in [6, 6.07) is 91.2. The Morgan fingerprint density at radius 3 is 0.827 bits per heavy atom. The lowest BCUT2D eigenvalue weighted by molar-refractivity contribution is -1.08. The zero-order chi connectivity index (χ0) is 97.2. The fourth-order valence-electron chi connectivity index (χ4n) is 16.3. The molecule has 16 atom stereocenters. The number of nitrogens with zero attached hydrogens (tertiary/aromatic N) is 1. The maximum Gasteiger partial charge on any atom is 0.753 e. The predicted octanol–water partition coefficient (Wildman–Crippen LogP) is 16.7. The van der Waals surface area contributed by atoms with Crippen LogP contribution in [0.3, 0.4) is 0 Å². The number of rotatable bonds is 39. The molecule has 139 heavy (non-hydrogen) atoms. The van der Waals surface area contributed by atoms with Crippen LogP contribution in [0.25, 0.3) is 0 Å². The van der Waals surface area contributed by atoms with Crippen LogP contribution in [0.4, 0.5) is 0 Å². The molecule has 3 aliphatic rings. The molecular formula is C108H100NO29P+2. The van der Waals surface area contributed by atoms with Crippen molar-refractivity contribution in [3.63, 3.8) is 0 Å². The van der Waals surface area contributed by atoms with E-state index < -0.39 is 180 Å². The maximum absolute atomic E-state index is 16.2. The summed E-state index contributed by atoms with van der Waals surface area (Å²) in [6.07, 6.45) is -33.0. The van der Waals surface area contributed by atoms with Crippen LogP contribution in [0, 0.1) is 0 Å². The van der Waals surface area contributed by atoms with Crippen LogP contribution in [-0.4, -0.2) is 204 Å². The van der Waals surface area contributed by atoms with Gasteiger partial charge in [0.2, 0.25) is 0 Å². The molecule has 30 nitrogen and oxygen atoms in total. The minimum absolute atomic E-state index is 0.0138. The van der Waals surface area contributed by atoms with Crippen molar-refractivity contribution >= 4 is 62.0 Å². The maximum atomic E-state index is 16.2. The Hall–Kier alpha value is -14.8. The number of hydroxylamine groups is 3. The average Bonchev–Trinajstić information content (AvgIpc) is 0.744. The molecule has 0 saturated carbocycles. The molecule has 3 saturated heterocycles. The molecule has 0 aromatic heterocycles. The summed E-state index contributed by atoms with van der Waals surface area (Å²) in [5.74, 6) is -9.00. The molecule has 12 aromatic carbocycles. The first-order valence-corrected chi connectivity index (χ1v) is 46.1. The van der Waals surface area contributed by atoms with E-state index in [4.69, 9.17) is 89.7 Å². The Labute approximate surface area is 802 Å². The molecule has 31 heteroatoms.